The van der Waals surface area contributed by atoms with Crippen LogP contribution in [0.2, 0.25) is 0 Å². The van der Waals surface area contributed by atoms with Crippen LogP contribution in [0.25, 0.3) is 0 Å². The highest BCUT2D eigenvalue weighted by molar-refractivity contribution is 5.68. The van der Waals surface area contributed by atoms with Gasteiger partial charge in [-0.15, -0.1) is 0 Å². The van der Waals surface area contributed by atoms with E-state index < -0.39 is 0 Å². The number of nitriles is 1. The Morgan fingerprint density at radius 1 is 1.56 bits per heavy atom. The van der Waals surface area contributed by atoms with Gasteiger partial charge in [-0.05, 0) is 30.5 Å². The van der Waals surface area contributed by atoms with Gasteiger partial charge in [0.1, 0.15) is 0 Å². The molecule has 0 aliphatic heterocycles. The van der Waals surface area contributed by atoms with Crippen LogP contribution < -0.4 is 11.1 Å². The highest BCUT2D eigenvalue weighted by Gasteiger charge is 2.04. The summed E-state index contributed by atoms with van der Waals surface area (Å²) in [5.74, 6) is 0.371. The second-order valence-corrected chi connectivity index (χ2v) is 3.91. The van der Waals surface area contributed by atoms with E-state index in [9.17, 15) is 0 Å². The molecule has 86 valence electrons. The summed E-state index contributed by atoms with van der Waals surface area (Å²) in [5.41, 5.74) is 7.79. The van der Waals surface area contributed by atoms with E-state index in [0.717, 1.165) is 18.7 Å². The Morgan fingerprint density at radius 2 is 2.31 bits per heavy atom. The van der Waals surface area contributed by atoms with Crippen molar-refractivity contribution in [2.45, 2.75) is 13.3 Å². The maximum Gasteiger partial charge on any atom is 0.0992 e. The quantitative estimate of drug-likeness (QED) is 0.656. The smallest absolute Gasteiger partial charge is 0.0992 e. The lowest BCUT2D eigenvalue weighted by molar-refractivity contribution is 0.266. The second kappa shape index (κ2) is 5.99. The predicted molar refractivity (Wildman–Crippen MR) is 64.9 cm³/mol. The first-order valence-electron chi connectivity index (χ1n) is 5.31. The molecule has 0 spiro atoms. The zero-order valence-electron chi connectivity index (χ0n) is 9.40. The van der Waals surface area contributed by atoms with E-state index in [1.54, 1.807) is 18.2 Å². The Kier molecular flexibility index (Phi) is 4.62. The van der Waals surface area contributed by atoms with Gasteiger partial charge < -0.3 is 16.2 Å². The molecule has 0 radical (unpaired) electrons. The van der Waals surface area contributed by atoms with Gasteiger partial charge in [-0.3, -0.25) is 0 Å². The fourth-order valence-electron chi connectivity index (χ4n) is 1.39. The van der Waals surface area contributed by atoms with Gasteiger partial charge in [0.05, 0.1) is 23.0 Å². The number of rotatable bonds is 5. The van der Waals surface area contributed by atoms with Crippen LogP contribution in [-0.4, -0.2) is 18.3 Å². The zero-order chi connectivity index (χ0) is 12.0. The zero-order valence-corrected chi connectivity index (χ0v) is 9.40. The van der Waals surface area contributed by atoms with Crippen LogP contribution in [0, 0.1) is 17.2 Å². The van der Waals surface area contributed by atoms with Crippen LogP contribution in [0.3, 0.4) is 0 Å². The first kappa shape index (κ1) is 12.3. The monoisotopic (exact) mass is 219 g/mol. The fraction of sp³-hybridized carbons (Fsp3) is 0.417. The molecule has 0 amide bonds. The summed E-state index contributed by atoms with van der Waals surface area (Å²) in [5, 5.41) is 20.7. The first-order valence-corrected chi connectivity index (χ1v) is 5.31. The third kappa shape index (κ3) is 3.44. The molecule has 0 saturated heterocycles. The SMILES string of the molecule is CC(CCO)CNc1cc(C#N)ccc1N. The van der Waals surface area contributed by atoms with Gasteiger partial charge in [0, 0.05) is 13.2 Å². The minimum absolute atomic E-state index is 0.191. The largest absolute Gasteiger partial charge is 0.397 e. The fourth-order valence-corrected chi connectivity index (χ4v) is 1.39. The van der Waals surface area contributed by atoms with Crippen molar-refractivity contribution in [1.82, 2.24) is 0 Å². The Hall–Kier alpha value is -1.73. The number of nitrogen functional groups attached to an aromatic ring is 1. The van der Waals surface area contributed by atoms with Crippen molar-refractivity contribution in [2.75, 3.05) is 24.2 Å². The van der Waals surface area contributed by atoms with Gasteiger partial charge in [-0.25, -0.2) is 0 Å². The maximum absolute atomic E-state index is 8.78. The molecule has 1 aromatic rings. The summed E-state index contributed by atoms with van der Waals surface area (Å²) in [6, 6.07) is 7.22. The summed E-state index contributed by atoms with van der Waals surface area (Å²) < 4.78 is 0. The molecule has 1 aromatic carbocycles. The summed E-state index contributed by atoms with van der Waals surface area (Å²) in [4.78, 5) is 0. The first-order chi connectivity index (χ1) is 7.67. The second-order valence-electron chi connectivity index (χ2n) is 3.91. The molecule has 0 aliphatic rings. The molecule has 16 heavy (non-hydrogen) atoms. The van der Waals surface area contributed by atoms with Gasteiger partial charge in [0.2, 0.25) is 0 Å². The molecule has 1 unspecified atom stereocenters. The molecule has 0 aromatic heterocycles. The van der Waals surface area contributed by atoms with E-state index in [1.807, 2.05) is 6.92 Å². The number of nitrogens with one attached hydrogen (secondary N) is 1. The third-order valence-corrected chi connectivity index (χ3v) is 2.45. The number of anilines is 2. The Bertz CT molecular complexity index is 384. The van der Waals surface area contributed by atoms with Crippen molar-refractivity contribution < 1.29 is 5.11 Å². The van der Waals surface area contributed by atoms with Gasteiger partial charge >= 0.3 is 0 Å². The van der Waals surface area contributed by atoms with Crippen LogP contribution >= 0.6 is 0 Å². The number of nitrogens with two attached hydrogens (primary N) is 1. The average molecular weight is 219 g/mol. The van der Waals surface area contributed by atoms with Crippen molar-refractivity contribution in [3.8, 4) is 6.07 Å². The van der Waals surface area contributed by atoms with Crippen LogP contribution in [0.15, 0.2) is 18.2 Å². The van der Waals surface area contributed by atoms with E-state index in [2.05, 4.69) is 11.4 Å². The molecule has 0 bridgehead atoms. The van der Waals surface area contributed by atoms with Gasteiger partial charge in [0.15, 0.2) is 0 Å². The number of benzene rings is 1. The van der Waals surface area contributed by atoms with E-state index in [4.69, 9.17) is 16.1 Å². The van der Waals surface area contributed by atoms with Gasteiger partial charge in [0.25, 0.3) is 0 Å². The summed E-state index contributed by atoms with van der Waals surface area (Å²) in [7, 11) is 0. The molecule has 1 rings (SSSR count). The number of hydrogen-bond acceptors (Lipinski definition) is 4. The molecule has 0 heterocycles. The molecule has 4 heteroatoms. The highest BCUT2D eigenvalue weighted by Crippen LogP contribution is 2.20. The van der Waals surface area contributed by atoms with Crippen LogP contribution in [0.1, 0.15) is 18.9 Å². The van der Waals surface area contributed by atoms with Gasteiger partial charge in [-0.1, -0.05) is 6.92 Å². The Balaban J connectivity index is 2.63. The maximum atomic E-state index is 8.78. The predicted octanol–water partition coefficient (Wildman–Crippen LogP) is 1.57. The molecule has 0 saturated carbocycles. The van der Waals surface area contributed by atoms with E-state index in [1.165, 1.54) is 0 Å². The lowest BCUT2D eigenvalue weighted by Crippen LogP contribution is -2.13. The summed E-state index contributed by atoms with van der Waals surface area (Å²) >= 11 is 0. The van der Waals surface area contributed by atoms with Crippen molar-refractivity contribution in [1.29, 1.82) is 5.26 Å². The number of hydrogen-bond donors (Lipinski definition) is 3. The average Bonchev–Trinajstić information content (AvgIpc) is 2.28. The minimum atomic E-state index is 0.191. The van der Waals surface area contributed by atoms with E-state index in [0.29, 0.717) is 17.2 Å². The van der Waals surface area contributed by atoms with Gasteiger partial charge in [-0.2, -0.15) is 5.26 Å². The highest BCUT2D eigenvalue weighted by atomic mass is 16.3. The Labute approximate surface area is 95.7 Å². The number of aliphatic hydroxyl groups excluding tert-OH is 1. The molecule has 1 atom stereocenters. The Morgan fingerprint density at radius 3 is 2.94 bits per heavy atom. The molecule has 0 fully saturated rings. The van der Waals surface area contributed by atoms with Crippen molar-refractivity contribution in [2.24, 2.45) is 5.92 Å². The molecular formula is C12H17N3O. The molecule has 0 aliphatic carbocycles. The van der Waals surface area contributed by atoms with E-state index in [-0.39, 0.29) is 6.61 Å². The van der Waals surface area contributed by atoms with Crippen molar-refractivity contribution >= 4 is 11.4 Å². The molecule has 4 N–H and O–H groups in total. The number of nitrogens with zero attached hydrogens (tertiary/aromatic N) is 1. The van der Waals surface area contributed by atoms with E-state index >= 15 is 0 Å². The lowest BCUT2D eigenvalue weighted by Gasteiger charge is -2.14. The third-order valence-electron chi connectivity index (χ3n) is 2.45. The standard InChI is InChI=1S/C12H17N3O/c1-9(4-5-16)8-15-12-6-10(7-13)2-3-11(12)14/h2-3,6,9,15-16H,4-5,8,14H2,1H3. The normalized spacial score (nSPS) is 11.8. The lowest BCUT2D eigenvalue weighted by atomic mass is 10.1. The van der Waals surface area contributed by atoms with Crippen LogP contribution in [-0.2, 0) is 0 Å². The molecule has 4 nitrogen and oxygen atoms in total. The topological polar surface area (TPSA) is 82.1 Å². The molecular weight excluding hydrogens is 202 g/mol. The van der Waals surface area contributed by atoms with Crippen molar-refractivity contribution in [3.63, 3.8) is 0 Å². The van der Waals surface area contributed by atoms with Crippen LogP contribution in [0.4, 0.5) is 11.4 Å². The summed E-state index contributed by atoms with van der Waals surface area (Å²) in [6.07, 6.45) is 0.755. The summed E-state index contributed by atoms with van der Waals surface area (Å²) in [6.45, 7) is 2.98. The van der Waals surface area contributed by atoms with Crippen molar-refractivity contribution in [3.05, 3.63) is 23.8 Å². The minimum Gasteiger partial charge on any atom is -0.397 e. The number of aliphatic hydroxyl groups is 1. The van der Waals surface area contributed by atoms with Crippen LogP contribution in [0.5, 0.6) is 0 Å².